The summed E-state index contributed by atoms with van der Waals surface area (Å²) < 4.78 is 5.12. The summed E-state index contributed by atoms with van der Waals surface area (Å²) in [6.45, 7) is 2.45. The lowest BCUT2D eigenvalue weighted by molar-refractivity contribution is 0.159. The van der Waals surface area contributed by atoms with Gasteiger partial charge in [-0.15, -0.1) is 0 Å². The average Bonchev–Trinajstić information content (AvgIpc) is 2.65. The second-order valence-electron chi connectivity index (χ2n) is 5.53. The molecule has 2 aromatic carbocycles. The highest BCUT2D eigenvalue weighted by Gasteiger charge is 2.01. The Hall–Kier alpha value is -2.82. The van der Waals surface area contributed by atoms with Gasteiger partial charge in [0.15, 0.2) is 0 Å². The summed E-state index contributed by atoms with van der Waals surface area (Å²) in [5.74, 6) is 8.70. The van der Waals surface area contributed by atoms with Gasteiger partial charge in [0, 0.05) is 17.0 Å². The van der Waals surface area contributed by atoms with Crippen molar-refractivity contribution in [1.82, 2.24) is 0 Å². The van der Waals surface area contributed by atoms with Crippen molar-refractivity contribution < 1.29 is 9.53 Å². The van der Waals surface area contributed by atoms with Crippen LogP contribution in [0.2, 0.25) is 0 Å². The molecule has 0 heterocycles. The van der Waals surface area contributed by atoms with Crippen LogP contribution < -0.4 is 5.32 Å². The van der Waals surface area contributed by atoms with Gasteiger partial charge in [0.25, 0.3) is 0 Å². The van der Waals surface area contributed by atoms with Gasteiger partial charge in [-0.05, 0) is 72.9 Å². The third-order valence-corrected chi connectivity index (χ3v) is 4.05. The Balaban J connectivity index is 1.53. The lowest BCUT2D eigenvalue weighted by Gasteiger charge is -2.05. The molecule has 26 heavy (non-hydrogen) atoms. The first kappa shape index (κ1) is 19.5. The fraction of sp³-hybridized carbons (Fsp3) is 0.227. The van der Waals surface area contributed by atoms with Gasteiger partial charge >= 0.3 is 6.09 Å². The number of para-hydroxylation sites is 1. The van der Waals surface area contributed by atoms with Gasteiger partial charge in [0.1, 0.15) is 0 Å². The van der Waals surface area contributed by atoms with Crippen LogP contribution in [0.5, 0.6) is 0 Å². The Kier molecular flexibility index (Phi) is 8.77. The number of hydrogen-bond donors (Lipinski definition) is 1. The molecule has 0 bridgehead atoms. The summed E-state index contributed by atoms with van der Waals surface area (Å²) >= 11 is 1.48. The number of thioether (sulfide) groups is 1. The second kappa shape index (κ2) is 11.7. The largest absolute Gasteiger partial charge is 0.449 e. The Morgan fingerprint density at radius 1 is 1.04 bits per heavy atom. The molecule has 0 saturated heterocycles. The van der Waals surface area contributed by atoms with E-state index in [1.807, 2.05) is 30.3 Å². The first-order valence-corrected chi connectivity index (χ1v) is 9.26. The number of rotatable bonds is 6. The lowest BCUT2D eigenvalue weighted by Crippen LogP contribution is -2.14. The number of hydrogen-bond acceptors (Lipinski definition) is 3. The van der Waals surface area contributed by atoms with Gasteiger partial charge in [-0.3, -0.25) is 5.32 Å². The quantitative estimate of drug-likeness (QED) is 0.420. The third kappa shape index (κ3) is 8.33. The zero-order valence-corrected chi connectivity index (χ0v) is 15.6. The topological polar surface area (TPSA) is 38.3 Å². The van der Waals surface area contributed by atoms with Crippen molar-refractivity contribution in [1.29, 1.82) is 0 Å². The molecule has 0 spiro atoms. The molecule has 3 nitrogen and oxygen atoms in total. The zero-order chi connectivity index (χ0) is 18.5. The molecule has 0 atom stereocenters. The highest BCUT2D eigenvalue weighted by atomic mass is 32.2. The van der Waals surface area contributed by atoms with Crippen molar-refractivity contribution >= 4 is 23.5 Å². The molecule has 0 aliphatic carbocycles. The van der Waals surface area contributed by atoms with E-state index in [1.165, 1.54) is 17.3 Å². The van der Waals surface area contributed by atoms with E-state index in [0.29, 0.717) is 6.61 Å². The summed E-state index contributed by atoms with van der Waals surface area (Å²) in [4.78, 5) is 12.7. The Labute approximate surface area is 159 Å². The monoisotopic (exact) mass is 363 g/mol. The number of nitrogens with one attached hydrogen (secondary N) is 1. The number of carbonyl (C=O) groups is 1. The van der Waals surface area contributed by atoms with Crippen molar-refractivity contribution in [3.63, 3.8) is 0 Å². The molecule has 0 aliphatic rings. The number of benzene rings is 2. The van der Waals surface area contributed by atoms with Crippen LogP contribution in [0.4, 0.5) is 10.5 Å². The second-order valence-corrected chi connectivity index (χ2v) is 6.41. The standard InChI is InChI=1S/C22H21NO2S/c1-19-13-15-21(16-14-19)26-18-10-5-3-2-4-9-17-25-22(24)23-20-11-7-6-8-12-20/h6-8,11-16H,2,4,9,17H2,1H3,(H,23,24). The molecule has 4 heteroatoms. The fourth-order valence-electron chi connectivity index (χ4n) is 1.98. The molecule has 132 valence electrons. The van der Waals surface area contributed by atoms with E-state index < -0.39 is 6.09 Å². The molecule has 2 aromatic rings. The van der Waals surface area contributed by atoms with Gasteiger partial charge in [-0.1, -0.05) is 41.8 Å². The van der Waals surface area contributed by atoms with E-state index in [9.17, 15) is 4.79 Å². The number of ether oxygens (including phenoxy) is 1. The number of amides is 1. The molecule has 1 N–H and O–H groups in total. The number of carbonyl (C=O) groups excluding carboxylic acids is 1. The summed E-state index contributed by atoms with van der Waals surface area (Å²) in [5.41, 5.74) is 1.97. The first-order chi connectivity index (χ1) is 12.7. The summed E-state index contributed by atoms with van der Waals surface area (Å²) in [6.07, 6.45) is 1.97. The van der Waals surface area contributed by atoms with Crippen molar-refractivity contribution in [2.24, 2.45) is 0 Å². The molecule has 0 aromatic heterocycles. The van der Waals surface area contributed by atoms with Gasteiger partial charge in [-0.2, -0.15) is 0 Å². The SMILES string of the molecule is Cc1ccc(SC#CC#CCCCCOC(=O)Nc2ccccc2)cc1. The highest BCUT2D eigenvalue weighted by Crippen LogP contribution is 2.16. The third-order valence-electron chi connectivity index (χ3n) is 3.34. The average molecular weight is 363 g/mol. The molecule has 1 amide bonds. The Morgan fingerprint density at radius 3 is 2.58 bits per heavy atom. The van der Waals surface area contributed by atoms with Crippen LogP contribution in [0, 0.1) is 29.9 Å². The maximum Gasteiger partial charge on any atom is 0.411 e. The van der Waals surface area contributed by atoms with E-state index in [1.54, 1.807) is 0 Å². The summed E-state index contributed by atoms with van der Waals surface area (Å²) in [6, 6.07) is 17.5. The summed E-state index contributed by atoms with van der Waals surface area (Å²) in [7, 11) is 0. The lowest BCUT2D eigenvalue weighted by atomic mass is 10.2. The van der Waals surface area contributed by atoms with Crippen LogP contribution >= 0.6 is 11.8 Å². The first-order valence-electron chi connectivity index (χ1n) is 8.44. The van der Waals surface area contributed by atoms with Gasteiger partial charge in [-0.25, -0.2) is 4.79 Å². The minimum Gasteiger partial charge on any atom is -0.449 e. The predicted molar refractivity (Wildman–Crippen MR) is 108 cm³/mol. The van der Waals surface area contributed by atoms with Gasteiger partial charge in [0.05, 0.1) is 6.61 Å². The highest BCUT2D eigenvalue weighted by molar-refractivity contribution is 8.04. The van der Waals surface area contributed by atoms with Crippen molar-refractivity contribution in [3.8, 4) is 23.0 Å². The van der Waals surface area contributed by atoms with E-state index in [2.05, 4.69) is 59.5 Å². The van der Waals surface area contributed by atoms with Crippen LogP contribution in [-0.4, -0.2) is 12.7 Å². The van der Waals surface area contributed by atoms with Gasteiger partial charge in [0.2, 0.25) is 0 Å². The van der Waals surface area contributed by atoms with Crippen molar-refractivity contribution in [2.75, 3.05) is 11.9 Å². The van der Waals surface area contributed by atoms with Crippen LogP contribution in [-0.2, 0) is 4.74 Å². The van der Waals surface area contributed by atoms with Crippen molar-refractivity contribution in [3.05, 3.63) is 60.2 Å². The Bertz CT molecular complexity index is 808. The molecule has 0 fully saturated rings. The molecular weight excluding hydrogens is 342 g/mol. The van der Waals surface area contributed by atoms with Crippen LogP contribution in [0.15, 0.2) is 59.5 Å². The molecule has 0 radical (unpaired) electrons. The van der Waals surface area contributed by atoms with E-state index in [4.69, 9.17) is 4.74 Å². The number of unbranched alkanes of at least 4 members (excludes halogenated alkanes) is 2. The van der Waals surface area contributed by atoms with Crippen molar-refractivity contribution in [2.45, 2.75) is 31.1 Å². The molecule has 0 aliphatic heterocycles. The fourth-order valence-corrected chi connectivity index (χ4v) is 2.47. The molecule has 2 rings (SSSR count). The molecular formula is C22H21NO2S. The predicted octanol–water partition coefficient (Wildman–Crippen LogP) is 5.47. The van der Waals surface area contributed by atoms with E-state index >= 15 is 0 Å². The smallest absolute Gasteiger partial charge is 0.411 e. The maximum atomic E-state index is 11.6. The van der Waals surface area contributed by atoms with E-state index in [0.717, 1.165) is 29.8 Å². The number of anilines is 1. The van der Waals surface area contributed by atoms with Crippen LogP contribution in [0.25, 0.3) is 0 Å². The summed E-state index contributed by atoms with van der Waals surface area (Å²) in [5, 5.41) is 5.65. The minimum atomic E-state index is -0.429. The maximum absolute atomic E-state index is 11.6. The minimum absolute atomic E-state index is 0.384. The zero-order valence-electron chi connectivity index (χ0n) is 14.7. The van der Waals surface area contributed by atoms with Crippen LogP contribution in [0.1, 0.15) is 24.8 Å². The van der Waals surface area contributed by atoms with Crippen LogP contribution in [0.3, 0.4) is 0 Å². The van der Waals surface area contributed by atoms with Gasteiger partial charge < -0.3 is 4.74 Å². The normalized spacial score (nSPS) is 9.27. The molecule has 0 saturated carbocycles. The number of aryl methyl sites for hydroxylation is 1. The Morgan fingerprint density at radius 2 is 1.81 bits per heavy atom. The van der Waals surface area contributed by atoms with E-state index in [-0.39, 0.29) is 0 Å². The molecule has 0 unspecified atom stereocenters.